The largest absolute Gasteiger partial charge is 0.405 e. The summed E-state index contributed by atoms with van der Waals surface area (Å²) in [5, 5.41) is 3.23. The number of pyridine rings is 1. The molecule has 0 amide bonds. The molecule has 0 aliphatic carbocycles. The van der Waals surface area contributed by atoms with Crippen LogP contribution < -0.4 is 5.32 Å². The number of benzene rings is 1. The minimum Gasteiger partial charge on any atom is -0.361 e. The van der Waals surface area contributed by atoms with E-state index in [1.165, 1.54) is 0 Å². The summed E-state index contributed by atoms with van der Waals surface area (Å²) in [7, 11) is 0. The Labute approximate surface area is 96.5 Å². The summed E-state index contributed by atoms with van der Waals surface area (Å²) < 4.78 is 36.3. The van der Waals surface area contributed by atoms with Crippen LogP contribution in [-0.4, -0.2) is 17.7 Å². The van der Waals surface area contributed by atoms with Gasteiger partial charge in [0.05, 0.1) is 5.52 Å². The van der Waals surface area contributed by atoms with E-state index < -0.39 is 12.7 Å². The smallest absolute Gasteiger partial charge is 0.361 e. The van der Waals surface area contributed by atoms with E-state index in [0.717, 1.165) is 5.39 Å². The molecule has 0 radical (unpaired) electrons. The van der Waals surface area contributed by atoms with Gasteiger partial charge in [-0.15, -0.1) is 0 Å². The minimum absolute atomic E-state index is 0.279. The third-order valence-corrected chi connectivity index (χ3v) is 2.37. The molecule has 1 N–H and O–H groups in total. The van der Waals surface area contributed by atoms with Crippen molar-refractivity contribution in [2.75, 3.05) is 11.9 Å². The van der Waals surface area contributed by atoms with Crippen molar-refractivity contribution in [2.45, 2.75) is 13.1 Å². The molecule has 0 saturated heterocycles. The van der Waals surface area contributed by atoms with Crippen LogP contribution in [0.2, 0.25) is 0 Å². The molecule has 1 aromatic heterocycles. The molecule has 0 aliphatic heterocycles. The molecule has 1 heterocycles. The number of fused-ring (bicyclic) bond motifs is 1. The summed E-state index contributed by atoms with van der Waals surface area (Å²) in [5.74, 6) is 0.279. The fraction of sp³-hybridized carbons (Fsp3) is 0.250. The summed E-state index contributed by atoms with van der Waals surface area (Å²) in [6.07, 6.45) is -4.24. The van der Waals surface area contributed by atoms with Gasteiger partial charge in [-0.1, -0.05) is 18.2 Å². The maximum absolute atomic E-state index is 12.1. The van der Waals surface area contributed by atoms with E-state index in [0.29, 0.717) is 11.1 Å². The third kappa shape index (κ3) is 2.87. The second-order valence-electron chi connectivity index (χ2n) is 3.82. The predicted octanol–water partition coefficient (Wildman–Crippen LogP) is 3.52. The Balaban J connectivity index is 2.31. The summed E-state index contributed by atoms with van der Waals surface area (Å²) in [6, 6.07) is 9.14. The van der Waals surface area contributed by atoms with Crippen molar-refractivity contribution >= 4 is 16.7 Å². The predicted molar refractivity (Wildman–Crippen MR) is 61.0 cm³/mol. The van der Waals surface area contributed by atoms with E-state index in [1.807, 2.05) is 18.2 Å². The fourth-order valence-corrected chi connectivity index (χ4v) is 1.58. The summed E-state index contributed by atoms with van der Waals surface area (Å²) in [4.78, 5) is 4.17. The number of anilines is 1. The second kappa shape index (κ2) is 4.24. The van der Waals surface area contributed by atoms with Crippen LogP contribution in [0.3, 0.4) is 0 Å². The first-order valence-electron chi connectivity index (χ1n) is 5.13. The standard InChI is InChI=1S/C12H11F3N2/c1-8-6-9-4-2-3-5-10(9)17-11(8)16-7-12(13,14)15/h2-6H,7H2,1H3,(H,16,17). The molecule has 0 atom stereocenters. The molecule has 0 spiro atoms. The van der Waals surface area contributed by atoms with E-state index in [2.05, 4.69) is 10.3 Å². The van der Waals surface area contributed by atoms with Gasteiger partial charge in [0, 0.05) is 5.39 Å². The molecule has 5 heteroatoms. The average molecular weight is 240 g/mol. The fourth-order valence-electron chi connectivity index (χ4n) is 1.58. The van der Waals surface area contributed by atoms with Crippen LogP contribution in [0.15, 0.2) is 30.3 Å². The van der Waals surface area contributed by atoms with Crippen LogP contribution in [-0.2, 0) is 0 Å². The number of aryl methyl sites for hydroxylation is 1. The van der Waals surface area contributed by atoms with Crippen molar-refractivity contribution in [1.82, 2.24) is 4.98 Å². The molecule has 2 nitrogen and oxygen atoms in total. The van der Waals surface area contributed by atoms with Crippen molar-refractivity contribution in [1.29, 1.82) is 0 Å². The SMILES string of the molecule is Cc1cc2ccccc2nc1NCC(F)(F)F. The highest BCUT2D eigenvalue weighted by atomic mass is 19.4. The third-order valence-electron chi connectivity index (χ3n) is 2.37. The van der Waals surface area contributed by atoms with Gasteiger partial charge in [0.1, 0.15) is 12.4 Å². The highest BCUT2D eigenvalue weighted by Crippen LogP contribution is 2.21. The second-order valence-corrected chi connectivity index (χ2v) is 3.82. The van der Waals surface area contributed by atoms with E-state index >= 15 is 0 Å². The molecule has 0 saturated carbocycles. The number of alkyl halides is 3. The topological polar surface area (TPSA) is 24.9 Å². The molecular weight excluding hydrogens is 229 g/mol. The first kappa shape index (κ1) is 11.7. The Morgan fingerprint density at radius 1 is 1.24 bits per heavy atom. The van der Waals surface area contributed by atoms with Crippen LogP contribution in [0.25, 0.3) is 10.9 Å². The molecule has 0 aliphatic rings. The van der Waals surface area contributed by atoms with E-state index in [-0.39, 0.29) is 5.82 Å². The lowest BCUT2D eigenvalue weighted by Crippen LogP contribution is -2.22. The normalized spacial score (nSPS) is 11.8. The van der Waals surface area contributed by atoms with E-state index in [9.17, 15) is 13.2 Å². The maximum atomic E-state index is 12.1. The Hall–Kier alpha value is -1.78. The average Bonchev–Trinajstić information content (AvgIpc) is 2.25. The van der Waals surface area contributed by atoms with E-state index in [4.69, 9.17) is 0 Å². The number of rotatable bonds is 2. The molecule has 90 valence electrons. The maximum Gasteiger partial charge on any atom is 0.405 e. The molecule has 2 aromatic rings. The van der Waals surface area contributed by atoms with Crippen molar-refractivity contribution < 1.29 is 13.2 Å². The number of halogens is 3. The minimum atomic E-state index is -4.24. The van der Waals surface area contributed by atoms with Gasteiger partial charge in [0.15, 0.2) is 0 Å². The lowest BCUT2D eigenvalue weighted by Gasteiger charge is -2.11. The van der Waals surface area contributed by atoms with Crippen molar-refractivity contribution in [3.63, 3.8) is 0 Å². The quantitative estimate of drug-likeness (QED) is 0.868. The number of hydrogen-bond acceptors (Lipinski definition) is 2. The van der Waals surface area contributed by atoms with Crippen LogP contribution >= 0.6 is 0 Å². The summed E-state index contributed by atoms with van der Waals surface area (Å²) in [5.41, 5.74) is 1.38. The zero-order chi connectivity index (χ0) is 12.5. The molecule has 17 heavy (non-hydrogen) atoms. The number of para-hydroxylation sites is 1. The number of nitrogens with one attached hydrogen (secondary N) is 1. The van der Waals surface area contributed by atoms with Crippen molar-refractivity contribution in [3.05, 3.63) is 35.9 Å². The highest BCUT2D eigenvalue weighted by Gasteiger charge is 2.27. The van der Waals surface area contributed by atoms with Gasteiger partial charge in [-0.25, -0.2) is 4.98 Å². The number of aromatic nitrogens is 1. The van der Waals surface area contributed by atoms with Gasteiger partial charge in [-0.2, -0.15) is 13.2 Å². The van der Waals surface area contributed by atoms with Crippen LogP contribution in [0, 0.1) is 6.92 Å². The molecule has 0 fully saturated rings. The first-order valence-corrected chi connectivity index (χ1v) is 5.13. The zero-order valence-electron chi connectivity index (χ0n) is 9.17. The Morgan fingerprint density at radius 3 is 2.65 bits per heavy atom. The van der Waals surface area contributed by atoms with Gasteiger partial charge in [-0.3, -0.25) is 0 Å². The van der Waals surface area contributed by atoms with Crippen LogP contribution in [0.1, 0.15) is 5.56 Å². The van der Waals surface area contributed by atoms with Crippen molar-refractivity contribution in [2.24, 2.45) is 0 Å². The molecule has 2 rings (SSSR count). The number of nitrogens with zero attached hydrogens (tertiary/aromatic N) is 1. The molecule has 0 bridgehead atoms. The zero-order valence-corrected chi connectivity index (χ0v) is 9.17. The summed E-state index contributed by atoms with van der Waals surface area (Å²) >= 11 is 0. The highest BCUT2D eigenvalue weighted by molar-refractivity contribution is 5.81. The lowest BCUT2D eigenvalue weighted by atomic mass is 10.1. The Bertz CT molecular complexity index is 535. The van der Waals surface area contributed by atoms with Crippen molar-refractivity contribution in [3.8, 4) is 0 Å². The summed E-state index contributed by atoms with van der Waals surface area (Å²) in [6.45, 7) is 0.664. The first-order chi connectivity index (χ1) is 7.96. The van der Waals surface area contributed by atoms with Gasteiger partial charge in [0.25, 0.3) is 0 Å². The van der Waals surface area contributed by atoms with Gasteiger partial charge in [0.2, 0.25) is 0 Å². The molecule has 0 unspecified atom stereocenters. The Morgan fingerprint density at radius 2 is 1.94 bits per heavy atom. The monoisotopic (exact) mass is 240 g/mol. The van der Waals surface area contributed by atoms with Crippen LogP contribution in [0.4, 0.5) is 19.0 Å². The molecular formula is C12H11F3N2. The van der Waals surface area contributed by atoms with Gasteiger partial charge >= 0.3 is 6.18 Å². The number of hydrogen-bond donors (Lipinski definition) is 1. The molecule has 1 aromatic carbocycles. The van der Waals surface area contributed by atoms with Crippen LogP contribution in [0.5, 0.6) is 0 Å². The Kier molecular flexibility index (Phi) is 2.92. The van der Waals surface area contributed by atoms with Gasteiger partial charge in [-0.05, 0) is 24.6 Å². The lowest BCUT2D eigenvalue weighted by molar-refractivity contribution is -0.115. The van der Waals surface area contributed by atoms with E-state index in [1.54, 1.807) is 19.1 Å². The van der Waals surface area contributed by atoms with Gasteiger partial charge < -0.3 is 5.32 Å².